The van der Waals surface area contributed by atoms with E-state index in [1.54, 1.807) is 13.4 Å². The van der Waals surface area contributed by atoms with Crippen molar-refractivity contribution >= 4 is 0 Å². The molecule has 0 bridgehead atoms. The zero-order valence-corrected chi connectivity index (χ0v) is 9.39. The van der Waals surface area contributed by atoms with Crippen LogP contribution in [0.3, 0.4) is 0 Å². The van der Waals surface area contributed by atoms with Gasteiger partial charge >= 0.3 is 0 Å². The molecule has 0 aliphatic rings. The number of hydrogen-bond donors (Lipinski definition) is 1. The summed E-state index contributed by atoms with van der Waals surface area (Å²) in [6.45, 7) is 7.78. The molecule has 3 nitrogen and oxygen atoms in total. The first kappa shape index (κ1) is 11.3. The molecule has 1 rings (SSSR count). The van der Waals surface area contributed by atoms with E-state index in [4.69, 9.17) is 9.15 Å². The maximum absolute atomic E-state index is 5.31. The predicted octanol–water partition coefficient (Wildman–Crippen LogP) is 2.31. The minimum Gasteiger partial charge on any atom is -0.467 e. The van der Waals surface area contributed by atoms with Crippen LogP contribution in [0, 0.1) is 0 Å². The average molecular weight is 197 g/mol. The second-order valence-electron chi connectivity index (χ2n) is 4.41. The molecule has 0 radical (unpaired) electrons. The summed E-state index contributed by atoms with van der Waals surface area (Å²) in [6.07, 6.45) is 1.70. The zero-order chi connectivity index (χ0) is 10.6. The van der Waals surface area contributed by atoms with Crippen molar-refractivity contribution in [2.24, 2.45) is 0 Å². The summed E-state index contributed by atoms with van der Waals surface area (Å²) in [5, 5.41) is 3.41. The van der Waals surface area contributed by atoms with Gasteiger partial charge in [0.05, 0.1) is 6.26 Å². The lowest BCUT2D eigenvalue weighted by molar-refractivity contribution is 0.163. The predicted molar refractivity (Wildman–Crippen MR) is 56.0 cm³/mol. The van der Waals surface area contributed by atoms with E-state index in [-0.39, 0.29) is 5.54 Å². The van der Waals surface area contributed by atoms with Gasteiger partial charge < -0.3 is 14.5 Å². The average Bonchev–Trinajstić information content (AvgIpc) is 2.48. The van der Waals surface area contributed by atoms with Crippen LogP contribution in [0.2, 0.25) is 0 Å². The largest absolute Gasteiger partial charge is 0.467 e. The molecule has 0 aliphatic heterocycles. The maximum Gasteiger partial charge on any atom is 0.133 e. The van der Waals surface area contributed by atoms with Gasteiger partial charge in [-0.2, -0.15) is 0 Å². The normalized spacial score (nSPS) is 12.0. The van der Waals surface area contributed by atoms with Crippen molar-refractivity contribution in [2.45, 2.75) is 39.5 Å². The second kappa shape index (κ2) is 4.62. The Morgan fingerprint density at radius 2 is 2.14 bits per heavy atom. The number of furan rings is 1. The van der Waals surface area contributed by atoms with E-state index in [9.17, 15) is 0 Å². The Balaban J connectivity index is 2.53. The number of ether oxygens (including phenoxy) is 1. The molecule has 1 aromatic rings. The quantitative estimate of drug-likeness (QED) is 0.804. The minimum atomic E-state index is 0.127. The molecule has 1 aromatic heterocycles. The molecule has 0 unspecified atom stereocenters. The van der Waals surface area contributed by atoms with Crippen LogP contribution in [0.15, 0.2) is 16.7 Å². The van der Waals surface area contributed by atoms with Crippen LogP contribution in [0.25, 0.3) is 0 Å². The summed E-state index contributed by atoms with van der Waals surface area (Å²) in [6, 6.07) is 1.98. The van der Waals surface area contributed by atoms with Crippen LogP contribution < -0.4 is 5.32 Å². The molecule has 0 fully saturated rings. The summed E-state index contributed by atoms with van der Waals surface area (Å²) >= 11 is 0. The lowest BCUT2D eigenvalue weighted by Gasteiger charge is -2.20. The molecule has 0 atom stereocenters. The molecule has 0 amide bonds. The Morgan fingerprint density at radius 3 is 2.71 bits per heavy atom. The monoisotopic (exact) mass is 197 g/mol. The Bertz CT molecular complexity index is 273. The Hall–Kier alpha value is -0.800. The van der Waals surface area contributed by atoms with Crippen LogP contribution in [0.1, 0.15) is 32.1 Å². The van der Waals surface area contributed by atoms with Crippen LogP contribution in [0.4, 0.5) is 0 Å². The molecular formula is C11H19NO2. The van der Waals surface area contributed by atoms with Crippen LogP contribution >= 0.6 is 0 Å². The number of hydrogen-bond acceptors (Lipinski definition) is 3. The van der Waals surface area contributed by atoms with Crippen molar-refractivity contribution in [1.82, 2.24) is 5.32 Å². The highest BCUT2D eigenvalue weighted by molar-refractivity contribution is 5.16. The van der Waals surface area contributed by atoms with E-state index in [1.165, 1.54) is 5.56 Å². The molecule has 0 spiro atoms. The fraction of sp³-hybridized carbons (Fsp3) is 0.636. The van der Waals surface area contributed by atoms with E-state index >= 15 is 0 Å². The molecule has 1 N–H and O–H groups in total. The van der Waals surface area contributed by atoms with Crippen LogP contribution in [-0.4, -0.2) is 12.6 Å². The molecule has 1 heterocycles. The van der Waals surface area contributed by atoms with Crippen molar-refractivity contribution in [2.75, 3.05) is 7.11 Å². The SMILES string of the molecule is COCc1occc1CNC(C)(C)C. The fourth-order valence-electron chi connectivity index (χ4n) is 1.14. The number of nitrogens with one attached hydrogen (secondary N) is 1. The van der Waals surface area contributed by atoms with Crippen molar-refractivity contribution < 1.29 is 9.15 Å². The number of methoxy groups -OCH3 is 1. The molecule has 14 heavy (non-hydrogen) atoms. The van der Waals surface area contributed by atoms with Gasteiger partial charge in [0.25, 0.3) is 0 Å². The zero-order valence-electron chi connectivity index (χ0n) is 9.39. The third-order valence-electron chi connectivity index (χ3n) is 1.92. The highest BCUT2D eigenvalue weighted by Gasteiger charge is 2.11. The molecule has 80 valence electrons. The molecule has 3 heteroatoms. The van der Waals surface area contributed by atoms with Gasteiger partial charge in [-0.05, 0) is 26.8 Å². The Labute approximate surface area is 85.4 Å². The van der Waals surface area contributed by atoms with Crippen molar-refractivity contribution in [3.63, 3.8) is 0 Å². The maximum atomic E-state index is 5.31. The van der Waals surface area contributed by atoms with Gasteiger partial charge in [-0.25, -0.2) is 0 Å². The first-order valence-electron chi connectivity index (χ1n) is 4.82. The Morgan fingerprint density at radius 1 is 1.43 bits per heavy atom. The summed E-state index contributed by atoms with van der Waals surface area (Å²) in [4.78, 5) is 0. The fourth-order valence-corrected chi connectivity index (χ4v) is 1.14. The molecular weight excluding hydrogens is 178 g/mol. The minimum absolute atomic E-state index is 0.127. The van der Waals surface area contributed by atoms with E-state index in [2.05, 4.69) is 26.1 Å². The van der Waals surface area contributed by atoms with Gasteiger partial charge in [0.15, 0.2) is 0 Å². The Kier molecular flexibility index (Phi) is 3.72. The first-order valence-corrected chi connectivity index (χ1v) is 4.82. The van der Waals surface area contributed by atoms with Gasteiger partial charge in [-0.15, -0.1) is 0 Å². The van der Waals surface area contributed by atoms with E-state index in [1.807, 2.05) is 6.07 Å². The standard InChI is InChI=1S/C11H19NO2/c1-11(2,3)12-7-9-5-6-14-10(9)8-13-4/h5-6,12H,7-8H2,1-4H3. The van der Waals surface area contributed by atoms with Gasteiger partial charge in [0, 0.05) is 24.8 Å². The molecule has 0 aromatic carbocycles. The second-order valence-corrected chi connectivity index (χ2v) is 4.41. The number of rotatable bonds is 4. The lowest BCUT2D eigenvalue weighted by atomic mass is 10.1. The highest BCUT2D eigenvalue weighted by atomic mass is 16.5. The molecule has 0 saturated heterocycles. The van der Waals surface area contributed by atoms with Crippen molar-refractivity contribution in [3.8, 4) is 0 Å². The third-order valence-corrected chi connectivity index (χ3v) is 1.92. The summed E-state index contributed by atoms with van der Waals surface area (Å²) < 4.78 is 10.3. The summed E-state index contributed by atoms with van der Waals surface area (Å²) in [7, 11) is 1.67. The van der Waals surface area contributed by atoms with E-state index < -0.39 is 0 Å². The summed E-state index contributed by atoms with van der Waals surface area (Å²) in [5.74, 6) is 0.907. The molecule has 0 saturated carbocycles. The van der Waals surface area contributed by atoms with Crippen LogP contribution in [0.5, 0.6) is 0 Å². The van der Waals surface area contributed by atoms with Gasteiger partial charge in [-0.1, -0.05) is 0 Å². The van der Waals surface area contributed by atoms with E-state index in [0.717, 1.165) is 12.3 Å². The molecule has 0 aliphatic carbocycles. The van der Waals surface area contributed by atoms with E-state index in [0.29, 0.717) is 6.61 Å². The summed E-state index contributed by atoms with van der Waals surface area (Å²) in [5.41, 5.74) is 1.29. The smallest absolute Gasteiger partial charge is 0.133 e. The topological polar surface area (TPSA) is 34.4 Å². The van der Waals surface area contributed by atoms with Gasteiger partial charge in [-0.3, -0.25) is 0 Å². The lowest BCUT2D eigenvalue weighted by Crippen LogP contribution is -2.35. The van der Waals surface area contributed by atoms with Crippen LogP contribution in [-0.2, 0) is 17.9 Å². The van der Waals surface area contributed by atoms with Crippen molar-refractivity contribution in [1.29, 1.82) is 0 Å². The van der Waals surface area contributed by atoms with Gasteiger partial charge in [0.2, 0.25) is 0 Å². The third kappa shape index (κ3) is 3.52. The highest BCUT2D eigenvalue weighted by Crippen LogP contribution is 2.12. The first-order chi connectivity index (χ1) is 6.53. The van der Waals surface area contributed by atoms with Gasteiger partial charge in [0.1, 0.15) is 12.4 Å². The van der Waals surface area contributed by atoms with Crippen molar-refractivity contribution in [3.05, 3.63) is 23.7 Å².